The van der Waals surface area contributed by atoms with Crippen LogP contribution in [-0.2, 0) is 0 Å². The number of unbranched alkanes of at least 4 members (excludes halogenated alkanes) is 8. The first-order valence-corrected chi connectivity index (χ1v) is 7.26. The number of halogens is 1. The fraction of sp³-hybridized carbons (Fsp3) is 1.00. The van der Waals surface area contributed by atoms with Crippen molar-refractivity contribution in [2.24, 2.45) is 11.1 Å². The molecular weight excluding hydrogens is 230 g/mol. The van der Waals surface area contributed by atoms with E-state index in [0.717, 1.165) is 6.54 Å². The zero-order valence-corrected chi connectivity index (χ0v) is 13.1. The molecule has 0 aromatic carbocycles. The third kappa shape index (κ3) is 18.8. The van der Waals surface area contributed by atoms with E-state index in [1.165, 1.54) is 64.2 Å². The lowest BCUT2D eigenvalue weighted by molar-refractivity contribution is 0.356. The molecule has 1 nitrogen and oxygen atoms in total. The Kier molecular flexibility index (Phi) is 14.6. The van der Waals surface area contributed by atoms with Gasteiger partial charge in [0.2, 0.25) is 0 Å². The van der Waals surface area contributed by atoms with Gasteiger partial charge >= 0.3 is 0 Å². The molecule has 0 spiro atoms. The predicted octanol–water partition coefficient (Wildman–Crippen LogP) is 5.31. The first kappa shape index (κ1) is 19.6. The molecule has 0 saturated heterocycles. The number of rotatable bonds is 10. The number of hydrogen-bond donors (Lipinski definition) is 1. The van der Waals surface area contributed by atoms with E-state index in [0.29, 0.717) is 5.41 Å². The van der Waals surface area contributed by atoms with E-state index in [1.807, 2.05) is 0 Å². The van der Waals surface area contributed by atoms with E-state index in [2.05, 4.69) is 20.8 Å². The Balaban J connectivity index is 0. The zero-order chi connectivity index (χ0) is 12.3. The van der Waals surface area contributed by atoms with Crippen LogP contribution in [0.25, 0.3) is 0 Å². The first-order chi connectivity index (χ1) is 7.56. The van der Waals surface area contributed by atoms with Crippen molar-refractivity contribution in [3.8, 4) is 0 Å². The SMILES string of the molecule is CC(C)(C)CCCCCCCCCCCN.Cl. The summed E-state index contributed by atoms with van der Waals surface area (Å²) < 4.78 is 0. The van der Waals surface area contributed by atoms with Crippen LogP contribution >= 0.6 is 12.4 Å². The molecule has 0 radical (unpaired) electrons. The Morgan fingerprint density at radius 1 is 0.647 bits per heavy atom. The minimum Gasteiger partial charge on any atom is -0.330 e. The molecular formula is C15H34ClN. The topological polar surface area (TPSA) is 26.0 Å². The molecule has 17 heavy (non-hydrogen) atoms. The van der Waals surface area contributed by atoms with Gasteiger partial charge in [0.25, 0.3) is 0 Å². The third-order valence-corrected chi connectivity index (χ3v) is 3.13. The zero-order valence-electron chi connectivity index (χ0n) is 12.3. The van der Waals surface area contributed by atoms with Crippen LogP contribution in [0.5, 0.6) is 0 Å². The molecule has 0 aliphatic carbocycles. The summed E-state index contributed by atoms with van der Waals surface area (Å²) in [5, 5.41) is 0. The maximum absolute atomic E-state index is 5.46. The smallest absolute Gasteiger partial charge is 0.00773 e. The van der Waals surface area contributed by atoms with Crippen LogP contribution in [0.3, 0.4) is 0 Å². The Morgan fingerprint density at radius 2 is 1.00 bits per heavy atom. The van der Waals surface area contributed by atoms with Crippen molar-refractivity contribution in [2.45, 2.75) is 85.0 Å². The second kappa shape index (κ2) is 12.7. The summed E-state index contributed by atoms with van der Waals surface area (Å²) in [4.78, 5) is 0. The van der Waals surface area contributed by atoms with Crippen LogP contribution in [0, 0.1) is 5.41 Å². The standard InChI is InChI=1S/C15H33N.ClH/c1-15(2,3)13-11-9-7-5-4-6-8-10-12-14-16;/h4-14,16H2,1-3H3;1H. The van der Waals surface area contributed by atoms with Gasteiger partial charge in [0.1, 0.15) is 0 Å². The van der Waals surface area contributed by atoms with Crippen LogP contribution in [0.2, 0.25) is 0 Å². The van der Waals surface area contributed by atoms with Gasteiger partial charge < -0.3 is 5.73 Å². The summed E-state index contributed by atoms with van der Waals surface area (Å²) in [5.41, 5.74) is 5.99. The molecule has 0 bridgehead atoms. The predicted molar refractivity (Wildman–Crippen MR) is 81.9 cm³/mol. The molecule has 106 valence electrons. The van der Waals surface area contributed by atoms with Gasteiger partial charge in [0.15, 0.2) is 0 Å². The quantitative estimate of drug-likeness (QED) is 0.531. The van der Waals surface area contributed by atoms with E-state index >= 15 is 0 Å². The van der Waals surface area contributed by atoms with E-state index < -0.39 is 0 Å². The van der Waals surface area contributed by atoms with Crippen molar-refractivity contribution >= 4 is 12.4 Å². The van der Waals surface area contributed by atoms with Gasteiger partial charge in [0, 0.05) is 0 Å². The largest absolute Gasteiger partial charge is 0.330 e. The molecule has 0 heterocycles. The number of nitrogens with two attached hydrogens (primary N) is 1. The number of hydrogen-bond acceptors (Lipinski definition) is 1. The van der Waals surface area contributed by atoms with Gasteiger partial charge in [-0.1, -0.05) is 72.1 Å². The van der Waals surface area contributed by atoms with Crippen LogP contribution < -0.4 is 5.73 Å². The van der Waals surface area contributed by atoms with Gasteiger partial charge in [-0.25, -0.2) is 0 Å². The van der Waals surface area contributed by atoms with Crippen LogP contribution in [0.1, 0.15) is 85.0 Å². The van der Waals surface area contributed by atoms with Crippen molar-refractivity contribution in [1.29, 1.82) is 0 Å². The highest BCUT2D eigenvalue weighted by Gasteiger charge is 2.08. The van der Waals surface area contributed by atoms with Crippen molar-refractivity contribution in [1.82, 2.24) is 0 Å². The summed E-state index contributed by atoms with van der Waals surface area (Å²) in [7, 11) is 0. The van der Waals surface area contributed by atoms with Crippen molar-refractivity contribution in [3.05, 3.63) is 0 Å². The fourth-order valence-electron chi connectivity index (χ4n) is 2.04. The lowest BCUT2D eigenvalue weighted by Crippen LogP contribution is -2.03. The van der Waals surface area contributed by atoms with Crippen molar-refractivity contribution < 1.29 is 0 Å². The molecule has 0 unspecified atom stereocenters. The van der Waals surface area contributed by atoms with Crippen LogP contribution in [0.4, 0.5) is 0 Å². The van der Waals surface area contributed by atoms with E-state index in [1.54, 1.807) is 0 Å². The maximum Gasteiger partial charge on any atom is -0.00773 e. The minimum atomic E-state index is 0. The minimum absolute atomic E-state index is 0. The van der Waals surface area contributed by atoms with Gasteiger partial charge in [0.05, 0.1) is 0 Å². The molecule has 0 atom stereocenters. The first-order valence-electron chi connectivity index (χ1n) is 7.26. The average molecular weight is 264 g/mol. The average Bonchev–Trinajstić information content (AvgIpc) is 2.19. The van der Waals surface area contributed by atoms with E-state index in [9.17, 15) is 0 Å². The molecule has 0 aliphatic heterocycles. The molecule has 2 heteroatoms. The second-order valence-electron chi connectivity index (χ2n) is 6.28. The lowest BCUT2D eigenvalue weighted by Gasteiger charge is -2.17. The normalized spacial score (nSPS) is 11.3. The summed E-state index contributed by atoms with van der Waals surface area (Å²) in [6.07, 6.45) is 13.9. The molecule has 0 amide bonds. The van der Waals surface area contributed by atoms with E-state index in [-0.39, 0.29) is 12.4 Å². The van der Waals surface area contributed by atoms with Gasteiger partial charge in [-0.2, -0.15) is 0 Å². The third-order valence-electron chi connectivity index (χ3n) is 3.13. The van der Waals surface area contributed by atoms with E-state index in [4.69, 9.17) is 5.73 Å². The summed E-state index contributed by atoms with van der Waals surface area (Å²) in [6.45, 7) is 7.88. The summed E-state index contributed by atoms with van der Waals surface area (Å²) in [6, 6.07) is 0. The lowest BCUT2D eigenvalue weighted by atomic mass is 9.89. The van der Waals surface area contributed by atoms with Crippen LogP contribution in [-0.4, -0.2) is 6.54 Å². The molecule has 2 N–H and O–H groups in total. The van der Waals surface area contributed by atoms with Crippen molar-refractivity contribution in [2.75, 3.05) is 6.54 Å². The highest BCUT2D eigenvalue weighted by atomic mass is 35.5. The highest BCUT2D eigenvalue weighted by molar-refractivity contribution is 5.85. The van der Waals surface area contributed by atoms with Crippen molar-refractivity contribution in [3.63, 3.8) is 0 Å². The molecule has 0 aromatic heterocycles. The fourth-order valence-corrected chi connectivity index (χ4v) is 2.04. The maximum atomic E-state index is 5.46. The molecule has 0 rings (SSSR count). The van der Waals surface area contributed by atoms with Gasteiger partial charge in [-0.15, -0.1) is 12.4 Å². The summed E-state index contributed by atoms with van der Waals surface area (Å²) >= 11 is 0. The Hall–Kier alpha value is 0.250. The molecule has 0 fully saturated rings. The Morgan fingerprint density at radius 3 is 1.35 bits per heavy atom. The van der Waals surface area contributed by atoms with Crippen LogP contribution in [0.15, 0.2) is 0 Å². The summed E-state index contributed by atoms with van der Waals surface area (Å²) in [5.74, 6) is 0. The Bertz CT molecular complexity index is 140. The monoisotopic (exact) mass is 263 g/mol. The molecule has 0 aliphatic rings. The second-order valence-corrected chi connectivity index (χ2v) is 6.28. The Labute approximate surface area is 115 Å². The molecule has 0 aromatic rings. The van der Waals surface area contributed by atoms with Gasteiger partial charge in [-0.3, -0.25) is 0 Å². The molecule has 0 saturated carbocycles. The van der Waals surface area contributed by atoms with Gasteiger partial charge in [-0.05, 0) is 24.8 Å². The highest BCUT2D eigenvalue weighted by Crippen LogP contribution is 2.22.